The Morgan fingerprint density at radius 1 is 0.710 bits per heavy atom. The Morgan fingerprint density at radius 3 is 2.05 bits per heavy atom. The van der Waals surface area contributed by atoms with Crippen molar-refractivity contribution in [1.29, 1.82) is 0 Å². The first-order valence-corrected chi connectivity index (χ1v) is 46.4. The summed E-state index contributed by atoms with van der Waals surface area (Å²) in [7, 11) is 4.65. The molecule has 15 atom stereocenters. The van der Waals surface area contributed by atoms with E-state index in [-0.39, 0.29) is 85.9 Å². The van der Waals surface area contributed by atoms with E-state index in [0.717, 1.165) is 60.1 Å². The van der Waals surface area contributed by atoms with Gasteiger partial charge in [-0.15, -0.1) is 5.10 Å². The number of fused-ring (bicyclic) bond motifs is 5. The Labute approximate surface area is 768 Å². The van der Waals surface area contributed by atoms with Crippen molar-refractivity contribution in [1.82, 2.24) is 49.9 Å². The highest BCUT2D eigenvalue weighted by Crippen LogP contribution is 2.40. The summed E-state index contributed by atoms with van der Waals surface area (Å²) in [4.78, 5) is 99.0. The van der Waals surface area contributed by atoms with Gasteiger partial charge in [0.15, 0.2) is 17.0 Å². The molecular formula is C96H140N12O23. The van der Waals surface area contributed by atoms with Gasteiger partial charge in [0, 0.05) is 89.8 Å². The number of aliphatic hydroxyl groups excluding tert-OH is 1. The number of amides is 2. The Kier molecular flexibility index (Phi) is 43.2. The molecule has 7 N–H and O–H groups in total. The lowest BCUT2D eigenvalue weighted by Gasteiger charge is -2.42. The molecule has 2 amide bonds. The lowest BCUT2D eigenvalue weighted by Crippen LogP contribution is -2.61. The van der Waals surface area contributed by atoms with Crippen molar-refractivity contribution in [3.8, 4) is 11.3 Å². The maximum Gasteiger partial charge on any atom is 0.329 e. The molecule has 10 rings (SSSR count). The molecule has 1 saturated carbocycles. The zero-order chi connectivity index (χ0) is 93.6. The predicted octanol–water partition coefficient (Wildman–Crippen LogP) is 9.82. The molecule has 35 nitrogen and oxygen atoms in total. The first-order valence-electron chi connectivity index (χ1n) is 46.4. The monoisotopic (exact) mass is 1830 g/mol. The highest BCUT2D eigenvalue weighted by Gasteiger charge is 2.53. The number of unbranched alkanes of at least 4 members (excludes halogenated alkanes) is 1. The number of allylic oxidation sites excluding steroid dienone is 6. The zero-order valence-corrected chi connectivity index (χ0v) is 78.1. The van der Waals surface area contributed by atoms with Gasteiger partial charge in [-0.1, -0.05) is 101 Å². The van der Waals surface area contributed by atoms with Crippen LogP contribution in [0.5, 0.6) is 0 Å². The van der Waals surface area contributed by atoms with E-state index in [4.69, 9.17) is 87.3 Å². The maximum atomic E-state index is 14.8. The summed E-state index contributed by atoms with van der Waals surface area (Å²) < 4.78 is 90.9. The number of nitrogens with two attached hydrogens (primary N) is 2. The number of oxazole rings is 1. The van der Waals surface area contributed by atoms with Gasteiger partial charge < -0.3 is 103 Å². The fraction of sp³-hybridized carbons (Fsp3) is 0.646. The lowest BCUT2D eigenvalue weighted by molar-refractivity contribution is -0.265. The van der Waals surface area contributed by atoms with Gasteiger partial charge >= 0.3 is 5.97 Å². The van der Waals surface area contributed by atoms with E-state index < -0.39 is 77.8 Å². The number of carbonyl (C=O) groups is 6. The fourth-order valence-corrected chi connectivity index (χ4v) is 17.1. The van der Waals surface area contributed by atoms with Crippen LogP contribution in [0.2, 0.25) is 0 Å². The molecule has 722 valence electrons. The summed E-state index contributed by atoms with van der Waals surface area (Å²) in [5.74, 6) is -7.99. The van der Waals surface area contributed by atoms with Gasteiger partial charge in [-0.2, -0.15) is 10.1 Å². The standard InChI is InChI=1S/C96H140N12O23/c1-63-18-12-11-13-19-64(2)81(117-8)57-75-29-22-69(7)96(116,131-75)90(113)93(114)107-33-16-14-21-77(107)94(115)129-82(58-78(109)65(3)53-68(6)88(112)89(119-10)87(111)67(5)52-63)66(4)54-72-27-30-80(83(55-72)118-9)128-35-17-15-20-74-61-106(105-103-74)34-37-121-39-41-123-43-45-125-47-49-127-51-50-126-48-46-124-44-42-122-40-38-120-36-32-84(110)99-59-70-23-25-71(26-24-70)60-108-92-85(91(97)100-62-101-92)86(104-108)73-28-31-79-76(56-73)102-95(98)130-79/h11-13,18-19,23-26,28,31,53,56,61-63,65-67,69,72,75,77,80-83,88-89,112,116H,14-17,20-22,27,29-30,32-52,54-55,57-60H2,1-10H3,(H2,98,102)(H,99,110)(H2,97,100,101)/b13-11+,18-12+,64-19+,68-53+/t63-,65-,66-,67-,69-,72+,75+,77+,80-,81+,82+,83-,88-,89+,96-/m1/s1. The number of benzene rings is 2. The van der Waals surface area contributed by atoms with E-state index >= 15 is 0 Å². The number of methoxy groups -OCH3 is 3. The average Bonchev–Trinajstić information content (AvgIpc) is 1.23. The van der Waals surface area contributed by atoms with E-state index in [1.807, 2.05) is 101 Å². The molecule has 2 saturated heterocycles. The fourth-order valence-electron chi connectivity index (χ4n) is 17.1. The van der Waals surface area contributed by atoms with E-state index in [1.165, 1.54) is 18.3 Å². The Hall–Kier alpha value is -9.02. The molecule has 3 fully saturated rings. The number of aromatic nitrogens is 8. The molecule has 3 aliphatic heterocycles. The van der Waals surface area contributed by atoms with E-state index in [2.05, 4.69) is 30.6 Å². The topological polar surface area (TPSA) is 440 Å². The minimum atomic E-state index is -2.46. The third-order valence-electron chi connectivity index (χ3n) is 24.8. The van der Waals surface area contributed by atoms with Crippen LogP contribution in [0.4, 0.5) is 11.8 Å². The van der Waals surface area contributed by atoms with Crippen LogP contribution in [0, 0.1) is 35.5 Å². The number of esters is 1. The van der Waals surface area contributed by atoms with Crippen molar-refractivity contribution < 1.29 is 110 Å². The Morgan fingerprint density at radius 2 is 1.38 bits per heavy atom. The van der Waals surface area contributed by atoms with Crippen molar-refractivity contribution >= 4 is 69.1 Å². The van der Waals surface area contributed by atoms with Gasteiger partial charge in [0.2, 0.25) is 11.7 Å². The third kappa shape index (κ3) is 32.1. The predicted molar refractivity (Wildman–Crippen MR) is 488 cm³/mol. The SMILES string of the molecule is CO[C@H]1C[C@@H]2CC[C@@H](C)[C@@](O)(O2)C(=O)C(=O)N2CCCC[C@H]2C(=O)O[C@H]([C@H](C)C[C@@H]2CC[C@@H](OCCCCc3cn(CCOCCOCCOCCOCCOCCOCCOCCOCCC(=O)NCc4ccc(Cn5nc(-c6ccc7oc(N)nc7c6)c6c(N)ncnc65)cc4)nn3)[C@H](OC)C2)CC(=O)[C@H](C)/C=C(\C)[C@@H](O)[C@@H](OC)C(=O)[C@H](C)C[C@H](C)/C=C/C=C/C=C/1C. The number of aryl methyl sites for hydroxylation is 1. The van der Waals surface area contributed by atoms with Crippen molar-refractivity contribution in [2.45, 2.75) is 225 Å². The first kappa shape index (κ1) is 104. The second-order valence-electron chi connectivity index (χ2n) is 34.8. The number of hydrogen-bond acceptors (Lipinski definition) is 31. The molecule has 4 aliphatic rings. The highest BCUT2D eigenvalue weighted by atomic mass is 16.6. The maximum absolute atomic E-state index is 14.8. The highest BCUT2D eigenvalue weighted by molar-refractivity contribution is 6.39. The number of rotatable bonds is 44. The smallest absolute Gasteiger partial charge is 0.329 e. The van der Waals surface area contributed by atoms with Crippen molar-refractivity contribution in [2.24, 2.45) is 35.5 Å². The summed E-state index contributed by atoms with van der Waals surface area (Å²) >= 11 is 0. The van der Waals surface area contributed by atoms with Crippen LogP contribution in [0.15, 0.2) is 107 Å². The van der Waals surface area contributed by atoms with E-state index in [0.29, 0.717) is 216 Å². The lowest BCUT2D eigenvalue weighted by atomic mass is 9.78. The molecule has 2 aromatic carbocycles. The van der Waals surface area contributed by atoms with E-state index in [9.17, 15) is 39.0 Å². The number of ketones is 3. The number of anilines is 2. The van der Waals surface area contributed by atoms with Gasteiger partial charge in [0.1, 0.15) is 53.5 Å². The van der Waals surface area contributed by atoms with Crippen LogP contribution in [-0.4, -0.2) is 285 Å². The molecule has 6 aromatic rings. The number of nitrogens with one attached hydrogen (secondary N) is 1. The molecule has 0 spiro atoms. The first-order chi connectivity index (χ1) is 63.3. The number of Topliss-reactive ketones (excluding diaryl/α,β-unsaturated/α-hetero) is 3. The van der Waals surface area contributed by atoms with E-state index in [1.54, 1.807) is 56.5 Å². The number of piperidine rings is 1. The van der Waals surface area contributed by atoms with Crippen LogP contribution in [-0.2, 0) is 121 Å². The van der Waals surface area contributed by atoms with Gasteiger partial charge in [-0.05, 0) is 156 Å². The quantitative estimate of drug-likeness (QED) is 0.0103. The molecule has 0 unspecified atom stereocenters. The molecule has 35 heteroatoms. The number of hydrogen-bond donors (Lipinski definition) is 5. The van der Waals surface area contributed by atoms with Crippen molar-refractivity contribution in [3.05, 3.63) is 119 Å². The molecule has 2 bridgehead atoms. The van der Waals surface area contributed by atoms with Gasteiger partial charge in [0.05, 0.1) is 154 Å². The summed E-state index contributed by atoms with van der Waals surface area (Å²) in [6.45, 7) is 21.2. The summed E-state index contributed by atoms with van der Waals surface area (Å²) in [6, 6.07) is 12.3. The van der Waals surface area contributed by atoms with Gasteiger partial charge in [-0.3, -0.25) is 24.0 Å². The third-order valence-corrected chi connectivity index (χ3v) is 24.8. The molecule has 7 heterocycles. The number of ether oxygens (including phenoxy) is 14. The van der Waals surface area contributed by atoms with Crippen LogP contribution >= 0.6 is 0 Å². The summed E-state index contributed by atoms with van der Waals surface area (Å²) in [6.07, 6.45) is 17.7. The average molecular weight is 1830 g/mol. The number of carbonyl (C=O) groups excluding carboxylic acids is 6. The van der Waals surface area contributed by atoms with Crippen molar-refractivity contribution in [2.75, 3.05) is 152 Å². The van der Waals surface area contributed by atoms with Crippen LogP contribution in [0.25, 0.3) is 33.4 Å². The van der Waals surface area contributed by atoms with Gasteiger partial charge in [-0.25, -0.2) is 24.1 Å². The molecule has 1 aliphatic carbocycles. The second kappa shape index (κ2) is 54.4. The molecule has 4 aromatic heterocycles. The number of nitrogen functional groups attached to an aromatic ring is 2. The minimum absolute atomic E-state index is 0.00568. The number of nitrogens with zero attached hydrogens (tertiary/aromatic N) is 9. The minimum Gasteiger partial charge on any atom is -0.460 e. The number of aliphatic hydroxyl groups is 2. The largest absolute Gasteiger partial charge is 0.460 e. The summed E-state index contributed by atoms with van der Waals surface area (Å²) in [5.41, 5.74) is 19.3. The van der Waals surface area contributed by atoms with Crippen LogP contribution < -0.4 is 16.8 Å². The van der Waals surface area contributed by atoms with Crippen molar-refractivity contribution in [3.63, 3.8) is 0 Å². The normalized spacial score (nSPS) is 26.1. The molecular weight excluding hydrogens is 1690 g/mol. The summed E-state index contributed by atoms with van der Waals surface area (Å²) in [5, 5.41) is 40.9. The van der Waals surface area contributed by atoms with Crippen LogP contribution in [0.1, 0.15) is 162 Å². The number of cyclic esters (lactones) is 1. The Balaban J connectivity index is 0.538. The second-order valence-corrected chi connectivity index (χ2v) is 34.8. The molecule has 131 heavy (non-hydrogen) atoms. The van der Waals surface area contributed by atoms with Gasteiger partial charge in [0.25, 0.3) is 17.7 Å². The Bertz CT molecular complexity index is 4670. The van der Waals surface area contributed by atoms with Crippen LogP contribution in [0.3, 0.4) is 0 Å². The molecule has 0 radical (unpaired) electrons. The zero-order valence-electron chi connectivity index (χ0n) is 78.1.